The lowest BCUT2D eigenvalue weighted by atomic mass is 9.85. The number of hydrogen-bond acceptors (Lipinski definition) is 5. The molecule has 0 fully saturated rings. The van der Waals surface area contributed by atoms with Gasteiger partial charge in [-0.1, -0.05) is 18.2 Å². The fraction of sp³-hybridized carbons (Fsp3) is 0. The molecule has 4 amide bonds. The van der Waals surface area contributed by atoms with Crippen LogP contribution in [0.1, 0.15) is 51.8 Å². The monoisotopic (exact) mass is 446 g/mol. The molecular weight excluding hydrogens is 432 g/mol. The molecule has 0 N–H and O–H groups in total. The van der Waals surface area contributed by atoms with E-state index >= 15 is 0 Å². The zero-order chi connectivity index (χ0) is 23.6. The number of carbonyl (C=O) groups is 5. The van der Waals surface area contributed by atoms with E-state index in [1.54, 1.807) is 30.3 Å². The Morgan fingerprint density at radius 2 is 0.853 bits per heavy atom. The van der Waals surface area contributed by atoms with E-state index in [0.717, 1.165) is 9.80 Å². The second-order valence-electron chi connectivity index (χ2n) is 8.01. The molecule has 6 rings (SSSR count). The Morgan fingerprint density at radius 1 is 0.471 bits per heavy atom. The SMILES string of the molecule is O=Cc1ccc(N2C(=O)c3ccc4c5c(ccc(c35)C2=O)C(=O)N(c2ccccc2)C4=O)cc1. The molecule has 7 heteroatoms. The van der Waals surface area contributed by atoms with E-state index in [2.05, 4.69) is 0 Å². The van der Waals surface area contributed by atoms with Crippen molar-refractivity contribution in [3.63, 3.8) is 0 Å². The highest BCUT2D eigenvalue weighted by molar-refractivity contribution is 6.42. The van der Waals surface area contributed by atoms with Gasteiger partial charge in [-0.15, -0.1) is 0 Å². The van der Waals surface area contributed by atoms with Crippen molar-refractivity contribution in [3.8, 4) is 0 Å². The quantitative estimate of drug-likeness (QED) is 0.347. The summed E-state index contributed by atoms with van der Waals surface area (Å²) in [5.74, 6) is -2.16. The smallest absolute Gasteiger partial charge is 0.265 e. The summed E-state index contributed by atoms with van der Waals surface area (Å²) < 4.78 is 0. The molecule has 0 aromatic heterocycles. The van der Waals surface area contributed by atoms with Crippen molar-refractivity contribution in [2.24, 2.45) is 0 Å². The van der Waals surface area contributed by atoms with E-state index in [1.807, 2.05) is 0 Å². The van der Waals surface area contributed by atoms with E-state index in [-0.39, 0.29) is 22.3 Å². The highest BCUT2D eigenvalue weighted by Crippen LogP contribution is 2.39. The molecule has 0 bridgehead atoms. The van der Waals surface area contributed by atoms with Crippen molar-refractivity contribution in [1.29, 1.82) is 0 Å². The van der Waals surface area contributed by atoms with E-state index in [1.165, 1.54) is 48.5 Å². The van der Waals surface area contributed by atoms with Crippen LogP contribution in [-0.4, -0.2) is 29.9 Å². The average Bonchev–Trinajstić information content (AvgIpc) is 2.87. The van der Waals surface area contributed by atoms with Gasteiger partial charge in [0.2, 0.25) is 0 Å². The molecule has 2 aliphatic rings. The predicted molar refractivity (Wildman–Crippen MR) is 124 cm³/mol. The second-order valence-corrected chi connectivity index (χ2v) is 8.01. The lowest BCUT2D eigenvalue weighted by molar-refractivity contribution is 0.0873. The fourth-order valence-corrected chi connectivity index (χ4v) is 4.62. The maximum atomic E-state index is 13.4. The summed E-state index contributed by atoms with van der Waals surface area (Å²) in [4.78, 5) is 66.6. The average molecular weight is 446 g/mol. The first-order valence-electron chi connectivity index (χ1n) is 10.5. The third kappa shape index (κ3) is 2.55. The molecule has 7 nitrogen and oxygen atoms in total. The van der Waals surface area contributed by atoms with Gasteiger partial charge in [-0.2, -0.15) is 0 Å². The number of carbonyl (C=O) groups excluding carboxylic acids is 5. The molecular formula is C27H14N2O5. The summed E-state index contributed by atoms with van der Waals surface area (Å²) in [6.45, 7) is 0. The fourth-order valence-electron chi connectivity index (χ4n) is 4.62. The molecule has 4 aromatic rings. The second kappa shape index (κ2) is 7.05. The minimum atomic E-state index is -0.564. The van der Waals surface area contributed by atoms with Gasteiger partial charge in [0.25, 0.3) is 23.6 Å². The van der Waals surface area contributed by atoms with Gasteiger partial charge in [0.05, 0.1) is 11.4 Å². The van der Waals surface area contributed by atoms with Crippen LogP contribution in [0.5, 0.6) is 0 Å². The topological polar surface area (TPSA) is 91.8 Å². The van der Waals surface area contributed by atoms with Crippen LogP contribution in [0.15, 0.2) is 78.9 Å². The number of benzene rings is 4. The van der Waals surface area contributed by atoms with E-state index in [9.17, 15) is 24.0 Å². The van der Waals surface area contributed by atoms with Gasteiger partial charge in [0, 0.05) is 38.6 Å². The van der Waals surface area contributed by atoms with Gasteiger partial charge < -0.3 is 0 Å². The molecule has 34 heavy (non-hydrogen) atoms. The number of aldehydes is 1. The molecule has 0 unspecified atom stereocenters. The maximum absolute atomic E-state index is 13.4. The minimum absolute atomic E-state index is 0.225. The van der Waals surface area contributed by atoms with Crippen LogP contribution in [0.2, 0.25) is 0 Å². The van der Waals surface area contributed by atoms with Crippen LogP contribution in [0, 0.1) is 0 Å². The van der Waals surface area contributed by atoms with Crippen molar-refractivity contribution >= 4 is 52.1 Å². The number of nitrogens with zero attached hydrogens (tertiary/aromatic N) is 2. The first-order chi connectivity index (χ1) is 16.5. The van der Waals surface area contributed by atoms with Crippen LogP contribution in [0.25, 0.3) is 10.8 Å². The van der Waals surface area contributed by atoms with Crippen LogP contribution in [0.4, 0.5) is 11.4 Å². The summed E-state index contributed by atoms with van der Waals surface area (Å²) in [6.07, 6.45) is 0.675. The molecule has 0 spiro atoms. The Balaban J connectivity index is 1.55. The number of imide groups is 2. The van der Waals surface area contributed by atoms with Gasteiger partial charge in [-0.25, -0.2) is 9.80 Å². The minimum Gasteiger partial charge on any atom is -0.298 e. The van der Waals surface area contributed by atoms with E-state index in [0.29, 0.717) is 34.0 Å². The highest BCUT2D eigenvalue weighted by atomic mass is 16.2. The summed E-state index contributed by atoms with van der Waals surface area (Å²) in [6, 6.07) is 20.8. The molecule has 0 aliphatic carbocycles. The van der Waals surface area contributed by atoms with Crippen LogP contribution >= 0.6 is 0 Å². The van der Waals surface area contributed by atoms with Crippen molar-refractivity contribution < 1.29 is 24.0 Å². The molecule has 4 aromatic carbocycles. The Hall–Kier alpha value is -4.91. The summed E-state index contributed by atoms with van der Waals surface area (Å²) in [5, 5.41) is 0.620. The molecule has 2 aliphatic heterocycles. The van der Waals surface area contributed by atoms with Crippen LogP contribution < -0.4 is 9.80 Å². The van der Waals surface area contributed by atoms with E-state index < -0.39 is 23.6 Å². The summed E-state index contributed by atoms with van der Waals surface area (Å²) in [5.41, 5.74) is 2.13. The van der Waals surface area contributed by atoms with Gasteiger partial charge in [-0.3, -0.25) is 24.0 Å². The zero-order valence-corrected chi connectivity index (χ0v) is 17.5. The first-order valence-corrected chi connectivity index (χ1v) is 10.5. The Morgan fingerprint density at radius 3 is 1.24 bits per heavy atom. The summed E-state index contributed by atoms with van der Waals surface area (Å²) >= 11 is 0. The Bertz CT molecular complexity index is 1520. The normalized spacial score (nSPS) is 14.7. The zero-order valence-electron chi connectivity index (χ0n) is 17.5. The van der Waals surface area contributed by atoms with Gasteiger partial charge in [0.1, 0.15) is 6.29 Å². The highest BCUT2D eigenvalue weighted by Gasteiger charge is 2.40. The number of anilines is 2. The van der Waals surface area contributed by atoms with Gasteiger partial charge >= 0.3 is 0 Å². The lowest BCUT2D eigenvalue weighted by Gasteiger charge is -2.32. The number of hydrogen-bond donors (Lipinski definition) is 0. The molecule has 0 saturated carbocycles. The van der Waals surface area contributed by atoms with Crippen LogP contribution in [-0.2, 0) is 0 Å². The predicted octanol–water partition coefficient (Wildman–Crippen LogP) is 4.25. The third-order valence-corrected chi connectivity index (χ3v) is 6.20. The van der Waals surface area contributed by atoms with Crippen molar-refractivity contribution in [2.75, 3.05) is 9.80 Å². The molecule has 0 atom stereocenters. The Kier molecular flexibility index (Phi) is 4.09. The molecule has 2 heterocycles. The standard InChI is InChI=1S/C27H14N2O5/c30-14-15-6-8-17(9-7-15)29-26(33)20-12-10-18-22-19(11-13-21(23(20)22)27(29)34)25(32)28(24(18)31)16-4-2-1-3-5-16/h1-14H. The molecule has 162 valence electrons. The molecule has 0 saturated heterocycles. The van der Waals surface area contributed by atoms with Crippen LogP contribution in [0.3, 0.4) is 0 Å². The summed E-state index contributed by atoms with van der Waals surface area (Å²) in [7, 11) is 0. The van der Waals surface area contributed by atoms with Gasteiger partial charge in [-0.05, 0) is 60.7 Å². The third-order valence-electron chi connectivity index (χ3n) is 6.20. The number of amides is 4. The van der Waals surface area contributed by atoms with Crippen molar-refractivity contribution in [3.05, 3.63) is 107 Å². The largest absolute Gasteiger partial charge is 0.298 e. The molecule has 0 radical (unpaired) electrons. The number of para-hydroxylation sites is 1. The Labute approximate surface area is 192 Å². The lowest BCUT2D eigenvalue weighted by Crippen LogP contribution is -2.43. The van der Waals surface area contributed by atoms with Gasteiger partial charge in [0.15, 0.2) is 0 Å². The van der Waals surface area contributed by atoms with E-state index in [4.69, 9.17) is 0 Å². The van der Waals surface area contributed by atoms with Crippen molar-refractivity contribution in [2.45, 2.75) is 0 Å². The van der Waals surface area contributed by atoms with Crippen molar-refractivity contribution in [1.82, 2.24) is 0 Å². The maximum Gasteiger partial charge on any atom is 0.265 e. The number of rotatable bonds is 3. The first kappa shape index (κ1) is 19.8.